The number of nitrogens with zero attached hydrogens (tertiary/aromatic N) is 2. The molecule has 0 saturated heterocycles. The fraction of sp³-hybridized carbons (Fsp3) is 0.294. The molecular weight excluding hydrogens is 405 g/mol. The van der Waals surface area contributed by atoms with Crippen LogP contribution in [0, 0.1) is 9.49 Å². The summed E-state index contributed by atoms with van der Waals surface area (Å²) in [4.78, 5) is 11.6. The molecule has 2 aromatic heterocycles. The monoisotopic (exact) mass is 421 g/mol. The van der Waals surface area contributed by atoms with Crippen LogP contribution < -0.4 is 5.32 Å². The number of thiophene rings is 1. The Morgan fingerprint density at radius 2 is 2.05 bits per heavy atom. The molecule has 0 spiro atoms. The summed E-state index contributed by atoms with van der Waals surface area (Å²) in [7, 11) is 0. The van der Waals surface area contributed by atoms with Crippen molar-refractivity contribution in [2.24, 2.45) is 5.92 Å². The maximum absolute atomic E-state index is 4.51. The normalized spacial score (nSPS) is 17.5. The van der Waals surface area contributed by atoms with Crippen LogP contribution in [0.5, 0.6) is 0 Å². The van der Waals surface area contributed by atoms with E-state index in [9.17, 15) is 0 Å². The van der Waals surface area contributed by atoms with Crippen molar-refractivity contribution in [2.45, 2.75) is 26.2 Å². The molecule has 0 aliphatic heterocycles. The Hall–Kier alpha value is -1.21. The first-order valence-electron chi connectivity index (χ1n) is 7.48. The SMILES string of the molecule is CC1CCc2c(sc3ncnc(Nc4ccc(I)cc4)c23)C1. The van der Waals surface area contributed by atoms with Crippen molar-refractivity contribution in [3.05, 3.63) is 44.6 Å². The lowest BCUT2D eigenvalue weighted by atomic mass is 9.89. The van der Waals surface area contributed by atoms with Gasteiger partial charge in [0.05, 0.1) is 5.39 Å². The van der Waals surface area contributed by atoms with Crippen LogP contribution in [-0.2, 0) is 12.8 Å². The molecule has 2 heterocycles. The summed E-state index contributed by atoms with van der Waals surface area (Å²) in [5.41, 5.74) is 2.54. The van der Waals surface area contributed by atoms with E-state index >= 15 is 0 Å². The van der Waals surface area contributed by atoms with Gasteiger partial charge in [-0.15, -0.1) is 11.3 Å². The van der Waals surface area contributed by atoms with Gasteiger partial charge >= 0.3 is 0 Å². The molecule has 3 nitrogen and oxygen atoms in total. The Morgan fingerprint density at radius 1 is 1.23 bits per heavy atom. The van der Waals surface area contributed by atoms with Gasteiger partial charge in [0.2, 0.25) is 0 Å². The predicted octanol–water partition coefficient (Wildman–Crippen LogP) is 5.16. The van der Waals surface area contributed by atoms with E-state index in [2.05, 4.69) is 69.1 Å². The molecule has 4 rings (SSSR count). The highest BCUT2D eigenvalue weighted by Gasteiger charge is 2.23. The summed E-state index contributed by atoms with van der Waals surface area (Å²) in [6, 6.07) is 8.39. The molecule has 112 valence electrons. The van der Waals surface area contributed by atoms with Crippen molar-refractivity contribution < 1.29 is 0 Å². The first-order valence-corrected chi connectivity index (χ1v) is 9.38. The van der Waals surface area contributed by atoms with Crippen LogP contribution in [0.1, 0.15) is 23.8 Å². The average molecular weight is 421 g/mol. The number of halogens is 1. The largest absolute Gasteiger partial charge is 0.340 e. The number of hydrogen-bond acceptors (Lipinski definition) is 4. The van der Waals surface area contributed by atoms with Crippen LogP contribution >= 0.6 is 33.9 Å². The molecule has 22 heavy (non-hydrogen) atoms. The minimum atomic E-state index is 0.779. The summed E-state index contributed by atoms with van der Waals surface area (Å²) in [5, 5.41) is 4.70. The molecule has 1 aromatic carbocycles. The van der Waals surface area contributed by atoms with Gasteiger partial charge in [0, 0.05) is 14.1 Å². The van der Waals surface area contributed by atoms with Crippen LogP contribution in [0.4, 0.5) is 11.5 Å². The third-order valence-electron chi connectivity index (χ3n) is 4.20. The molecule has 0 radical (unpaired) electrons. The lowest BCUT2D eigenvalue weighted by Gasteiger charge is -2.18. The number of aryl methyl sites for hydroxylation is 1. The predicted molar refractivity (Wildman–Crippen MR) is 101 cm³/mol. The Morgan fingerprint density at radius 3 is 2.86 bits per heavy atom. The van der Waals surface area contributed by atoms with Crippen LogP contribution in [0.25, 0.3) is 10.2 Å². The Kier molecular flexibility index (Phi) is 3.78. The highest BCUT2D eigenvalue weighted by molar-refractivity contribution is 14.1. The van der Waals surface area contributed by atoms with E-state index in [1.54, 1.807) is 6.33 Å². The second kappa shape index (κ2) is 5.77. The van der Waals surface area contributed by atoms with Gasteiger partial charge < -0.3 is 5.32 Å². The minimum Gasteiger partial charge on any atom is -0.340 e. The minimum absolute atomic E-state index is 0.779. The molecule has 1 atom stereocenters. The maximum atomic E-state index is 4.51. The molecule has 1 aliphatic rings. The fourth-order valence-electron chi connectivity index (χ4n) is 3.04. The number of rotatable bonds is 2. The maximum Gasteiger partial charge on any atom is 0.142 e. The molecule has 0 amide bonds. The zero-order chi connectivity index (χ0) is 15.1. The number of hydrogen-bond donors (Lipinski definition) is 1. The molecule has 3 aromatic rings. The van der Waals surface area contributed by atoms with Crippen LogP contribution in [0.15, 0.2) is 30.6 Å². The van der Waals surface area contributed by atoms with E-state index in [0.29, 0.717) is 0 Å². The van der Waals surface area contributed by atoms with Gasteiger partial charge in [-0.3, -0.25) is 0 Å². The van der Waals surface area contributed by atoms with Gasteiger partial charge in [0.25, 0.3) is 0 Å². The molecule has 0 saturated carbocycles. The quantitative estimate of drug-likeness (QED) is 0.581. The highest BCUT2D eigenvalue weighted by Crippen LogP contribution is 2.40. The van der Waals surface area contributed by atoms with E-state index in [0.717, 1.165) is 28.7 Å². The van der Waals surface area contributed by atoms with E-state index in [-0.39, 0.29) is 0 Å². The van der Waals surface area contributed by atoms with Gasteiger partial charge in [-0.25, -0.2) is 9.97 Å². The van der Waals surface area contributed by atoms with Crippen molar-refractivity contribution >= 4 is 55.6 Å². The second-order valence-electron chi connectivity index (χ2n) is 5.89. The van der Waals surface area contributed by atoms with Crippen molar-refractivity contribution in [1.82, 2.24) is 9.97 Å². The van der Waals surface area contributed by atoms with Crippen molar-refractivity contribution in [3.63, 3.8) is 0 Å². The van der Waals surface area contributed by atoms with Gasteiger partial charge in [0.15, 0.2) is 0 Å². The smallest absolute Gasteiger partial charge is 0.142 e. The molecule has 5 heteroatoms. The Labute approximate surface area is 147 Å². The molecular formula is C17H16IN3S. The average Bonchev–Trinajstić information content (AvgIpc) is 2.88. The third kappa shape index (κ3) is 2.60. The Bertz CT molecular complexity index is 826. The van der Waals surface area contributed by atoms with E-state index in [1.165, 1.54) is 32.2 Å². The first-order chi connectivity index (χ1) is 10.7. The Balaban J connectivity index is 1.79. The highest BCUT2D eigenvalue weighted by atomic mass is 127. The number of fused-ring (bicyclic) bond motifs is 3. The number of nitrogens with one attached hydrogen (secondary N) is 1. The lowest BCUT2D eigenvalue weighted by Crippen LogP contribution is -2.09. The molecule has 0 fully saturated rings. The topological polar surface area (TPSA) is 37.8 Å². The van der Waals surface area contributed by atoms with Crippen molar-refractivity contribution in [3.8, 4) is 0 Å². The summed E-state index contributed by atoms with van der Waals surface area (Å²) in [6.45, 7) is 2.34. The van der Waals surface area contributed by atoms with Gasteiger partial charge in [-0.1, -0.05) is 6.92 Å². The number of aromatic nitrogens is 2. The van der Waals surface area contributed by atoms with Crippen LogP contribution in [-0.4, -0.2) is 9.97 Å². The zero-order valence-corrected chi connectivity index (χ0v) is 15.2. The van der Waals surface area contributed by atoms with Crippen LogP contribution in [0.3, 0.4) is 0 Å². The van der Waals surface area contributed by atoms with E-state index in [1.807, 2.05) is 11.3 Å². The van der Waals surface area contributed by atoms with Gasteiger partial charge in [0.1, 0.15) is 17.0 Å². The summed E-state index contributed by atoms with van der Waals surface area (Å²) >= 11 is 4.16. The molecule has 1 N–H and O–H groups in total. The van der Waals surface area contributed by atoms with E-state index < -0.39 is 0 Å². The summed E-state index contributed by atoms with van der Waals surface area (Å²) < 4.78 is 1.23. The van der Waals surface area contributed by atoms with Gasteiger partial charge in [-0.05, 0) is 77.6 Å². The fourth-order valence-corrected chi connectivity index (χ4v) is 4.75. The second-order valence-corrected chi connectivity index (χ2v) is 8.22. The number of benzene rings is 1. The standard InChI is InChI=1S/C17H16IN3S/c1-10-2-7-13-14(8-10)22-17-15(13)16(19-9-20-17)21-12-5-3-11(18)4-6-12/h3-6,9-10H,2,7-8H2,1H3,(H,19,20,21). The zero-order valence-electron chi connectivity index (χ0n) is 12.3. The van der Waals surface area contributed by atoms with E-state index in [4.69, 9.17) is 0 Å². The third-order valence-corrected chi connectivity index (χ3v) is 6.08. The van der Waals surface area contributed by atoms with Crippen molar-refractivity contribution in [2.75, 3.05) is 5.32 Å². The summed E-state index contributed by atoms with van der Waals surface area (Å²) in [6.07, 6.45) is 5.25. The molecule has 1 aliphatic carbocycles. The van der Waals surface area contributed by atoms with Gasteiger partial charge in [-0.2, -0.15) is 0 Å². The summed E-state index contributed by atoms with van der Waals surface area (Å²) in [5.74, 6) is 1.72. The number of anilines is 2. The lowest BCUT2D eigenvalue weighted by molar-refractivity contribution is 0.509. The van der Waals surface area contributed by atoms with Crippen molar-refractivity contribution in [1.29, 1.82) is 0 Å². The first kappa shape index (κ1) is 14.4. The van der Waals surface area contributed by atoms with Crippen LogP contribution in [0.2, 0.25) is 0 Å². The molecule has 0 bridgehead atoms. The molecule has 1 unspecified atom stereocenters.